The van der Waals surface area contributed by atoms with Gasteiger partial charge < -0.3 is 4.74 Å². The number of ether oxygens (including phenoxy) is 1. The molecule has 6 nitrogen and oxygen atoms in total. The molecule has 0 aliphatic rings. The van der Waals surface area contributed by atoms with Crippen LogP contribution >= 0.6 is 0 Å². The maximum absolute atomic E-state index is 13.6. The largest absolute Gasteiger partial charge is 0.462 e. The standard InChI is InChI=1S/C12H10FN3O3/c1-2-19-12(18)10(7-17)8-4-3-5-11(13)9(8)6-15-16-14/h3-5H,2,6H2,1H3. The van der Waals surface area contributed by atoms with Gasteiger partial charge in [-0.3, -0.25) is 0 Å². The minimum Gasteiger partial charge on any atom is -0.462 e. The second-order valence-corrected chi connectivity index (χ2v) is 3.35. The Kier molecular flexibility index (Phi) is 5.29. The average Bonchev–Trinajstić information content (AvgIpc) is 2.39. The third-order valence-electron chi connectivity index (χ3n) is 2.26. The summed E-state index contributed by atoms with van der Waals surface area (Å²) in [5.41, 5.74) is 7.80. The molecule has 98 valence electrons. The van der Waals surface area contributed by atoms with Crippen molar-refractivity contribution in [1.82, 2.24) is 0 Å². The van der Waals surface area contributed by atoms with Crippen LogP contribution in [0.3, 0.4) is 0 Å². The van der Waals surface area contributed by atoms with E-state index in [1.165, 1.54) is 18.1 Å². The van der Waals surface area contributed by atoms with E-state index in [0.29, 0.717) is 0 Å². The van der Waals surface area contributed by atoms with Crippen molar-refractivity contribution in [2.45, 2.75) is 13.5 Å². The van der Waals surface area contributed by atoms with Gasteiger partial charge >= 0.3 is 5.97 Å². The number of nitrogens with zero attached hydrogens (tertiary/aromatic N) is 3. The van der Waals surface area contributed by atoms with Crippen LogP contribution in [0.5, 0.6) is 0 Å². The first-order valence-electron chi connectivity index (χ1n) is 5.36. The van der Waals surface area contributed by atoms with Crippen LogP contribution in [0.4, 0.5) is 4.39 Å². The van der Waals surface area contributed by atoms with Crippen molar-refractivity contribution >= 4 is 17.5 Å². The molecule has 0 aliphatic heterocycles. The van der Waals surface area contributed by atoms with Gasteiger partial charge in [0.15, 0.2) is 5.57 Å². The number of rotatable bonds is 5. The Morgan fingerprint density at radius 2 is 2.32 bits per heavy atom. The highest BCUT2D eigenvalue weighted by molar-refractivity contribution is 6.25. The molecule has 19 heavy (non-hydrogen) atoms. The van der Waals surface area contributed by atoms with Gasteiger partial charge in [-0.2, -0.15) is 0 Å². The summed E-state index contributed by atoms with van der Waals surface area (Å²) in [6.07, 6.45) is 0. The molecule has 1 rings (SSSR count). The highest BCUT2D eigenvalue weighted by Gasteiger charge is 2.19. The van der Waals surface area contributed by atoms with Gasteiger partial charge in [0.25, 0.3) is 0 Å². The van der Waals surface area contributed by atoms with Gasteiger partial charge in [-0.15, -0.1) is 0 Å². The van der Waals surface area contributed by atoms with Crippen LogP contribution < -0.4 is 0 Å². The van der Waals surface area contributed by atoms with E-state index in [-0.39, 0.29) is 24.3 Å². The monoisotopic (exact) mass is 263 g/mol. The van der Waals surface area contributed by atoms with Crippen LogP contribution in [0.2, 0.25) is 0 Å². The molecular formula is C12H10FN3O3. The van der Waals surface area contributed by atoms with Crippen LogP contribution in [0.25, 0.3) is 16.0 Å². The van der Waals surface area contributed by atoms with Crippen LogP contribution in [0.15, 0.2) is 23.3 Å². The van der Waals surface area contributed by atoms with Gasteiger partial charge in [0.05, 0.1) is 13.2 Å². The molecule has 0 heterocycles. The van der Waals surface area contributed by atoms with E-state index < -0.39 is 17.4 Å². The molecule has 0 saturated carbocycles. The van der Waals surface area contributed by atoms with E-state index >= 15 is 0 Å². The van der Waals surface area contributed by atoms with Gasteiger partial charge in [0, 0.05) is 16.0 Å². The Morgan fingerprint density at radius 1 is 1.58 bits per heavy atom. The number of hydrogen-bond donors (Lipinski definition) is 0. The summed E-state index contributed by atoms with van der Waals surface area (Å²) in [4.78, 5) is 24.9. The normalized spacial score (nSPS) is 9.16. The van der Waals surface area contributed by atoms with Crippen molar-refractivity contribution in [2.24, 2.45) is 5.11 Å². The van der Waals surface area contributed by atoms with Crippen molar-refractivity contribution in [3.05, 3.63) is 45.6 Å². The van der Waals surface area contributed by atoms with E-state index in [9.17, 15) is 14.0 Å². The average molecular weight is 263 g/mol. The second-order valence-electron chi connectivity index (χ2n) is 3.35. The molecule has 1 aromatic rings. The lowest BCUT2D eigenvalue weighted by atomic mass is 10.0. The molecule has 0 unspecified atom stereocenters. The summed E-state index contributed by atoms with van der Waals surface area (Å²) in [7, 11) is 0. The third kappa shape index (κ3) is 3.42. The topological polar surface area (TPSA) is 92.1 Å². The van der Waals surface area contributed by atoms with Crippen LogP contribution in [0.1, 0.15) is 18.1 Å². The fraction of sp³-hybridized carbons (Fsp3) is 0.250. The maximum Gasteiger partial charge on any atom is 0.350 e. The van der Waals surface area contributed by atoms with E-state index in [2.05, 4.69) is 14.8 Å². The summed E-state index contributed by atoms with van der Waals surface area (Å²) in [6, 6.07) is 3.84. The molecule has 0 aliphatic carbocycles. The predicted octanol–water partition coefficient (Wildman–Crippen LogP) is 2.41. The number of hydrogen-bond acceptors (Lipinski definition) is 4. The molecule has 0 N–H and O–H groups in total. The smallest absolute Gasteiger partial charge is 0.350 e. The molecule has 0 spiro atoms. The zero-order valence-corrected chi connectivity index (χ0v) is 10.1. The third-order valence-corrected chi connectivity index (χ3v) is 2.26. The van der Waals surface area contributed by atoms with Crippen molar-refractivity contribution in [3.8, 4) is 0 Å². The summed E-state index contributed by atoms with van der Waals surface area (Å²) in [6.45, 7) is 1.33. The molecule has 0 bridgehead atoms. The van der Waals surface area contributed by atoms with Gasteiger partial charge in [-0.1, -0.05) is 17.2 Å². The van der Waals surface area contributed by atoms with E-state index in [4.69, 9.17) is 5.53 Å². The van der Waals surface area contributed by atoms with Crippen molar-refractivity contribution in [1.29, 1.82) is 0 Å². The van der Waals surface area contributed by atoms with E-state index in [1.807, 2.05) is 0 Å². The SMILES string of the molecule is CCOC(=O)C(=C=O)c1cccc(F)c1CN=[N+]=[N-]. The van der Waals surface area contributed by atoms with Gasteiger partial charge in [0.2, 0.25) is 0 Å². The Hall–Kier alpha value is -2.62. The van der Waals surface area contributed by atoms with Crippen LogP contribution in [-0.4, -0.2) is 18.5 Å². The summed E-state index contributed by atoms with van der Waals surface area (Å²) >= 11 is 0. The van der Waals surface area contributed by atoms with Crippen molar-refractivity contribution < 1.29 is 18.7 Å². The number of esters is 1. The van der Waals surface area contributed by atoms with Gasteiger partial charge in [0.1, 0.15) is 11.8 Å². The summed E-state index contributed by atoms with van der Waals surface area (Å²) < 4.78 is 18.3. The zero-order valence-electron chi connectivity index (χ0n) is 10.1. The maximum atomic E-state index is 13.6. The molecule has 0 fully saturated rings. The highest BCUT2D eigenvalue weighted by atomic mass is 19.1. The Labute approximate surface area is 108 Å². The first kappa shape index (κ1) is 14.4. The minimum absolute atomic E-state index is 0.0147. The van der Waals surface area contributed by atoms with Gasteiger partial charge in [-0.25, -0.2) is 14.0 Å². The molecule has 0 radical (unpaired) electrons. The lowest BCUT2D eigenvalue weighted by molar-refractivity contribution is -0.135. The second kappa shape index (κ2) is 6.96. The predicted molar refractivity (Wildman–Crippen MR) is 65.0 cm³/mol. The molecule has 1 aromatic carbocycles. The van der Waals surface area contributed by atoms with Crippen molar-refractivity contribution in [3.63, 3.8) is 0 Å². The Morgan fingerprint density at radius 3 is 2.89 bits per heavy atom. The Balaban J connectivity index is 3.32. The summed E-state index contributed by atoms with van der Waals surface area (Å²) in [5.74, 6) is -0.139. The van der Waals surface area contributed by atoms with Crippen LogP contribution in [0, 0.1) is 5.82 Å². The lowest BCUT2D eigenvalue weighted by Crippen LogP contribution is -2.10. The lowest BCUT2D eigenvalue weighted by Gasteiger charge is -2.08. The summed E-state index contributed by atoms with van der Waals surface area (Å²) in [5, 5.41) is 3.23. The first-order chi connectivity index (χ1) is 9.15. The molecular weight excluding hydrogens is 253 g/mol. The number of benzene rings is 1. The zero-order chi connectivity index (χ0) is 14.3. The highest BCUT2D eigenvalue weighted by Crippen LogP contribution is 2.22. The molecule has 0 amide bonds. The molecule has 0 aromatic heterocycles. The van der Waals surface area contributed by atoms with Crippen LogP contribution in [-0.2, 0) is 20.9 Å². The molecule has 7 heteroatoms. The molecule has 0 saturated heterocycles. The van der Waals surface area contributed by atoms with E-state index in [1.54, 1.807) is 6.92 Å². The number of halogens is 1. The number of carbonyl (C=O) groups excluding carboxylic acids is 2. The van der Waals surface area contributed by atoms with Crippen molar-refractivity contribution in [2.75, 3.05) is 6.61 Å². The fourth-order valence-electron chi connectivity index (χ4n) is 1.47. The number of carbonyl (C=O) groups is 1. The number of azide groups is 1. The molecule has 0 atom stereocenters. The quantitative estimate of drug-likeness (QED) is 0.204. The van der Waals surface area contributed by atoms with Gasteiger partial charge in [-0.05, 0) is 18.5 Å². The van der Waals surface area contributed by atoms with E-state index in [0.717, 1.165) is 6.07 Å². The Bertz CT molecular complexity index is 588. The fourth-order valence-corrected chi connectivity index (χ4v) is 1.47. The minimum atomic E-state index is -0.898. The first-order valence-corrected chi connectivity index (χ1v) is 5.36.